The van der Waals surface area contributed by atoms with Gasteiger partial charge in [0, 0.05) is 0 Å². The Labute approximate surface area is 115 Å². The quantitative estimate of drug-likeness (QED) is 0.470. The maximum Gasteiger partial charge on any atom is 0.431 e. The van der Waals surface area contributed by atoms with Gasteiger partial charge in [0.25, 0.3) is 11.7 Å². The third-order valence-electron chi connectivity index (χ3n) is 2.29. The fraction of sp³-hybridized carbons (Fsp3) is 0.667. The average molecular weight is 352 g/mol. The molecule has 0 rings (SSSR count). The summed E-state index contributed by atoms with van der Waals surface area (Å²) in [5.74, 6) is -11.5. The summed E-state index contributed by atoms with van der Waals surface area (Å²) in [6, 6.07) is 0. The predicted octanol–water partition coefficient (Wildman–Crippen LogP) is 2.84. The van der Waals surface area contributed by atoms with Crippen molar-refractivity contribution in [1.82, 2.24) is 0 Å². The molecule has 13 heteroatoms. The first-order valence-corrected chi connectivity index (χ1v) is 4.87. The topological polar surface area (TPSA) is 46.5 Å². The molecule has 0 aliphatic rings. The van der Waals surface area contributed by atoms with Gasteiger partial charge >= 0.3 is 24.2 Å². The molecule has 0 saturated heterocycles. The van der Waals surface area contributed by atoms with Crippen molar-refractivity contribution in [3.8, 4) is 0 Å². The van der Waals surface area contributed by atoms with Crippen LogP contribution in [0.15, 0.2) is 12.4 Å². The van der Waals surface area contributed by atoms with Crippen molar-refractivity contribution in [2.45, 2.75) is 30.0 Å². The molecule has 2 atom stereocenters. The SMILES string of the molecule is C=C(F)C(=O)OC(C(F)(F)F)C(F)(F)C(O)(CF)C(F)(F)F. The molecule has 0 fully saturated rings. The number of hydrogen-bond acceptors (Lipinski definition) is 3. The highest BCUT2D eigenvalue weighted by Crippen LogP contribution is 2.48. The molecule has 130 valence electrons. The van der Waals surface area contributed by atoms with Gasteiger partial charge in [-0.05, 0) is 0 Å². The Morgan fingerprint density at radius 3 is 1.73 bits per heavy atom. The molecule has 2 unspecified atom stereocenters. The van der Waals surface area contributed by atoms with E-state index in [-0.39, 0.29) is 0 Å². The molecular formula is C9H6F10O3. The van der Waals surface area contributed by atoms with Gasteiger partial charge in [0.1, 0.15) is 6.67 Å². The fourth-order valence-electron chi connectivity index (χ4n) is 1.09. The number of esters is 1. The van der Waals surface area contributed by atoms with E-state index in [1.807, 2.05) is 0 Å². The van der Waals surface area contributed by atoms with Gasteiger partial charge in [-0.1, -0.05) is 6.58 Å². The molecule has 0 aromatic heterocycles. The minimum atomic E-state index is -6.56. The van der Waals surface area contributed by atoms with Gasteiger partial charge in [-0.15, -0.1) is 0 Å². The van der Waals surface area contributed by atoms with E-state index in [1.165, 1.54) is 0 Å². The average Bonchev–Trinajstić information content (AvgIpc) is 2.30. The smallest absolute Gasteiger partial charge is 0.431 e. The number of aliphatic hydroxyl groups is 1. The molecule has 0 aromatic carbocycles. The van der Waals surface area contributed by atoms with Gasteiger partial charge in [0.15, 0.2) is 0 Å². The molecule has 22 heavy (non-hydrogen) atoms. The molecule has 1 N–H and O–H groups in total. The van der Waals surface area contributed by atoms with E-state index in [0.29, 0.717) is 0 Å². The van der Waals surface area contributed by atoms with Gasteiger partial charge in [-0.3, -0.25) is 0 Å². The third kappa shape index (κ3) is 3.62. The maximum absolute atomic E-state index is 13.4. The van der Waals surface area contributed by atoms with E-state index in [9.17, 15) is 48.7 Å². The molecule has 0 bridgehead atoms. The first kappa shape index (κ1) is 20.5. The summed E-state index contributed by atoms with van der Waals surface area (Å²) in [5, 5.41) is 8.61. The molecule has 0 aliphatic heterocycles. The van der Waals surface area contributed by atoms with Gasteiger partial charge in [0.2, 0.25) is 5.83 Å². The summed E-state index contributed by atoms with van der Waals surface area (Å²) in [7, 11) is 0. The Morgan fingerprint density at radius 1 is 1.09 bits per heavy atom. The van der Waals surface area contributed by atoms with Crippen LogP contribution >= 0.6 is 0 Å². The Kier molecular flexibility index (Phi) is 5.52. The first-order valence-electron chi connectivity index (χ1n) is 4.87. The lowest BCUT2D eigenvalue weighted by molar-refractivity contribution is -0.379. The summed E-state index contributed by atoms with van der Waals surface area (Å²) >= 11 is 0. The lowest BCUT2D eigenvalue weighted by atomic mass is 9.91. The molecule has 0 radical (unpaired) electrons. The molecule has 0 saturated carbocycles. The van der Waals surface area contributed by atoms with Gasteiger partial charge < -0.3 is 9.84 Å². The number of alkyl halides is 9. The second-order valence-electron chi connectivity index (χ2n) is 3.85. The summed E-state index contributed by atoms with van der Waals surface area (Å²) in [6.45, 7) is -1.29. The normalized spacial score (nSPS) is 17.6. The standard InChI is InChI=1S/C9H6F10O3/c1-3(11)4(20)22-5(8(14,15)16)7(12,13)6(21,2-10)9(17,18)19/h5,21H,1-2H2. The van der Waals surface area contributed by atoms with Crippen LogP contribution in [-0.4, -0.2) is 47.7 Å². The highest BCUT2D eigenvalue weighted by Gasteiger charge is 2.77. The Balaban J connectivity index is 6.01. The Bertz CT molecular complexity index is 440. The van der Waals surface area contributed by atoms with E-state index < -0.39 is 48.5 Å². The fourth-order valence-corrected chi connectivity index (χ4v) is 1.09. The largest absolute Gasteiger partial charge is 0.441 e. The van der Waals surface area contributed by atoms with E-state index in [2.05, 4.69) is 11.3 Å². The summed E-state index contributed by atoms with van der Waals surface area (Å²) in [4.78, 5) is 10.5. The lowest BCUT2D eigenvalue weighted by Crippen LogP contribution is -2.68. The number of hydrogen-bond donors (Lipinski definition) is 1. The van der Waals surface area contributed by atoms with Crippen LogP contribution in [0, 0.1) is 0 Å². The third-order valence-corrected chi connectivity index (χ3v) is 2.29. The second-order valence-corrected chi connectivity index (χ2v) is 3.85. The van der Waals surface area contributed by atoms with Crippen LogP contribution in [0.4, 0.5) is 43.9 Å². The molecule has 0 spiro atoms. The van der Waals surface area contributed by atoms with Crippen molar-refractivity contribution in [2.24, 2.45) is 0 Å². The number of carbonyl (C=O) groups is 1. The van der Waals surface area contributed by atoms with E-state index in [1.54, 1.807) is 0 Å². The molecular weight excluding hydrogens is 346 g/mol. The minimum Gasteiger partial charge on any atom is -0.441 e. The van der Waals surface area contributed by atoms with Crippen LogP contribution in [0.25, 0.3) is 0 Å². The molecule has 0 aromatic rings. The molecule has 0 amide bonds. The summed E-state index contributed by atoms with van der Waals surface area (Å²) in [6.07, 6.45) is -17.9. The first-order chi connectivity index (χ1) is 9.52. The predicted molar refractivity (Wildman–Crippen MR) is 48.1 cm³/mol. The Hall–Kier alpha value is -1.53. The van der Waals surface area contributed by atoms with Crippen molar-refractivity contribution in [3.05, 3.63) is 12.4 Å². The van der Waals surface area contributed by atoms with Crippen molar-refractivity contribution < 1.29 is 58.5 Å². The van der Waals surface area contributed by atoms with Crippen molar-refractivity contribution in [1.29, 1.82) is 0 Å². The zero-order valence-corrected chi connectivity index (χ0v) is 10.0. The minimum absolute atomic E-state index is 2.09. The van der Waals surface area contributed by atoms with Crippen molar-refractivity contribution >= 4 is 5.97 Å². The maximum atomic E-state index is 13.4. The lowest BCUT2D eigenvalue weighted by Gasteiger charge is -2.39. The Morgan fingerprint density at radius 2 is 1.50 bits per heavy atom. The van der Waals surface area contributed by atoms with Gasteiger partial charge in [-0.25, -0.2) is 9.18 Å². The van der Waals surface area contributed by atoms with Crippen LogP contribution in [0.3, 0.4) is 0 Å². The van der Waals surface area contributed by atoms with Crippen LogP contribution in [0.2, 0.25) is 0 Å². The van der Waals surface area contributed by atoms with Crippen LogP contribution < -0.4 is 0 Å². The van der Waals surface area contributed by atoms with Crippen molar-refractivity contribution in [3.63, 3.8) is 0 Å². The van der Waals surface area contributed by atoms with Crippen LogP contribution in [0.1, 0.15) is 0 Å². The molecule has 0 heterocycles. The number of rotatable bonds is 5. The van der Waals surface area contributed by atoms with Crippen LogP contribution in [-0.2, 0) is 9.53 Å². The number of halogens is 10. The highest BCUT2D eigenvalue weighted by molar-refractivity contribution is 5.85. The van der Waals surface area contributed by atoms with Crippen LogP contribution in [0.5, 0.6) is 0 Å². The van der Waals surface area contributed by atoms with E-state index in [0.717, 1.165) is 0 Å². The van der Waals surface area contributed by atoms with Gasteiger partial charge in [-0.2, -0.15) is 39.5 Å². The number of carbonyl (C=O) groups excluding carboxylic acids is 1. The second kappa shape index (κ2) is 5.93. The summed E-state index contributed by atoms with van der Waals surface area (Å²) in [5.41, 5.74) is -5.82. The zero-order valence-electron chi connectivity index (χ0n) is 10.0. The summed E-state index contributed by atoms with van der Waals surface area (Å²) < 4.78 is 128. The molecule has 0 aliphatic carbocycles. The van der Waals surface area contributed by atoms with E-state index in [4.69, 9.17) is 5.11 Å². The van der Waals surface area contributed by atoms with E-state index >= 15 is 0 Å². The van der Waals surface area contributed by atoms with Crippen molar-refractivity contribution in [2.75, 3.05) is 6.67 Å². The monoisotopic (exact) mass is 352 g/mol. The zero-order chi connectivity index (χ0) is 18.1. The van der Waals surface area contributed by atoms with Gasteiger partial charge in [0.05, 0.1) is 0 Å². The molecule has 3 nitrogen and oxygen atoms in total. The highest BCUT2D eigenvalue weighted by atomic mass is 19.4. The number of ether oxygens (including phenoxy) is 1.